The van der Waals surface area contributed by atoms with Gasteiger partial charge in [0.25, 0.3) is 0 Å². The van der Waals surface area contributed by atoms with Crippen molar-refractivity contribution in [3.8, 4) is 0 Å². The van der Waals surface area contributed by atoms with Crippen LogP contribution in [0.4, 0.5) is 5.69 Å². The van der Waals surface area contributed by atoms with Crippen LogP contribution in [0.2, 0.25) is 5.02 Å². The smallest absolute Gasteiger partial charge is 0.0419 e. The normalized spacial score (nSPS) is 10.2. The molecule has 0 bridgehead atoms. The minimum Gasteiger partial charge on any atom is -0.381 e. The van der Waals surface area contributed by atoms with Gasteiger partial charge in [0.2, 0.25) is 0 Å². The van der Waals surface area contributed by atoms with Gasteiger partial charge in [0.05, 0.1) is 0 Å². The summed E-state index contributed by atoms with van der Waals surface area (Å²) in [5.74, 6) is 0. The van der Waals surface area contributed by atoms with Crippen molar-refractivity contribution in [2.75, 3.05) is 5.32 Å². The molecular weight excluding hydrogens is 234 g/mol. The minimum atomic E-state index is 0.528. The summed E-state index contributed by atoms with van der Waals surface area (Å²) in [5, 5.41) is 4.04. The quantitative estimate of drug-likeness (QED) is 0.874. The van der Waals surface area contributed by atoms with Crippen LogP contribution >= 0.6 is 11.6 Å². The van der Waals surface area contributed by atoms with Gasteiger partial charge in [0.1, 0.15) is 0 Å². The van der Waals surface area contributed by atoms with Crippen molar-refractivity contribution in [1.82, 2.24) is 4.98 Å². The summed E-state index contributed by atoms with van der Waals surface area (Å²) in [6, 6.07) is 9.55. The number of hydrogen-bond acceptors (Lipinski definition) is 3. The zero-order valence-electron chi connectivity index (χ0n) is 9.36. The molecule has 0 spiro atoms. The van der Waals surface area contributed by atoms with E-state index >= 15 is 0 Å². The lowest BCUT2D eigenvalue weighted by molar-refractivity contribution is 0.989. The molecule has 4 heteroatoms. The van der Waals surface area contributed by atoms with E-state index in [2.05, 4.69) is 10.3 Å². The Kier molecular flexibility index (Phi) is 3.96. The number of anilines is 1. The number of nitrogens with one attached hydrogen (secondary N) is 1. The van der Waals surface area contributed by atoms with Crippen LogP contribution in [0.5, 0.6) is 0 Å². The van der Waals surface area contributed by atoms with Crippen molar-refractivity contribution in [3.05, 3.63) is 58.9 Å². The van der Waals surface area contributed by atoms with E-state index in [9.17, 15) is 0 Å². The van der Waals surface area contributed by atoms with E-state index in [1.54, 1.807) is 6.20 Å². The lowest BCUT2D eigenvalue weighted by atomic mass is 10.1. The van der Waals surface area contributed by atoms with Crippen LogP contribution in [0.25, 0.3) is 0 Å². The van der Waals surface area contributed by atoms with Crippen LogP contribution in [0, 0.1) is 0 Å². The van der Waals surface area contributed by atoms with Gasteiger partial charge < -0.3 is 11.1 Å². The number of benzene rings is 1. The molecule has 17 heavy (non-hydrogen) atoms. The topological polar surface area (TPSA) is 50.9 Å². The maximum atomic E-state index is 5.82. The van der Waals surface area contributed by atoms with Gasteiger partial charge in [0.15, 0.2) is 0 Å². The van der Waals surface area contributed by atoms with Gasteiger partial charge in [-0.05, 0) is 41.5 Å². The molecule has 0 fully saturated rings. The lowest BCUT2D eigenvalue weighted by Crippen LogP contribution is -2.06. The molecule has 1 heterocycles. The van der Waals surface area contributed by atoms with Gasteiger partial charge >= 0.3 is 0 Å². The van der Waals surface area contributed by atoms with Crippen molar-refractivity contribution in [2.45, 2.75) is 13.1 Å². The molecule has 88 valence electrons. The SMILES string of the molecule is NCc1ccncc1CNc1ccc(Cl)cc1. The fourth-order valence-electron chi connectivity index (χ4n) is 1.58. The molecule has 1 aromatic carbocycles. The maximum absolute atomic E-state index is 5.82. The monoisotopic (exact) mass is 247 g/mol. The molecule has 0 saturated carbocycles. The fraction of sp³-hybridized carbons (Fsp3) is 0.154. The number of pyridine rings is 1. The number of hydrogen-bond donors (Lipinski definition) is 2. The number of aromatic nitrogens is 1. The average Bonchev–Trinajstić information content (AvgIpc) is 2.38. The second-order valence-corrected chi connectivity index (χ2v) is 4.15. The molecule has 0 amide bonds. The van der Waals surface area contributed by atoms with Gasteiger partial charge in [-0.15, -0.1) is 0 Å². The first kappa shape index (κ1) is 11.9. The fourth-order valence-corrected chi connectivity index (χ4v) is 1.71. The van der Waals surface area contributed by atoms with Crippen LogP contribution in [-0.4, -0.2) is 4.98 Å². The van der Waals surface area contributed by atoms with Crippen molar-refractivity contribution in [1.29, 1.82) is 0 Å². The predicted molar refractivity (Wildman–Crippen MR) is 70.9 cm³/mol. The molecule has 0 atom stereocenters. The Labute approximate surface area is 106 Å². The Morgan fingerprint density at radius 1 is 1.12 bits per heavy atom. The van der Waals surface area contributed by atoms with Crippen LogP contribution in [0.15, 0.2) is 42.7 Å². The highest BCUT2D eigenvalue weighted by Crippen LogP contribution is 2.15. The molecule has 1 aromatic heterocycles. The molecule has 0 aliphatic heterocycles. The van der Waals surface area contributed by atoms with Gasteiger partial charge in [-0.2, -0.15) is 0 Å². The van der Waals surface area contributed by atoms with E-state index in [1.807, 2.05) is 36.5 Å². The number of nitrogens with two attached hydrogens (primary N) is 1. The van der Waals surface area contributed by atoms with E-state index < -0.39 is 0 Å². The molecule has 0 aliphatic rings. The minimum absolute atomic E-state index is 0.528. The van der Waals surface area contributed by atoms with E-state index in [1.165, 1.54) is 0 Å². The predicted octanol–water partition coefficient (Wildman–Crippen LogP) is 2.81. The highest BCUT2D eigenvalue weighted by atomic mass is 35.5. The zero-order valence-corrected chi connectivity index (χ0v) is 10.1. The van der Waals surface area contributed by atoms with Crippen LogP contribution in [-0.2, 0) is 13.1 Å². The highest BCUT2D eigenvalue weighted by molar-refractivity contribution is 6.30. The molecule has 0 unspecified atom stereocenters. The number of halogens is 1. The van der Waals surface area contributed by atoms with E-state index in [0.29, 0.717) is 13.1 Å². The van der Waals surface area contributed by atoms with Crippen molar-refractivity contribution in [2.24, 2.45) is 5.73 Å². The third-order valence-electron chi connectivity index (χ3n) is 2.55. The van der Waals surface area contributed by atoms with Gasteiger partial charge in [-0.25, -0.2) is 0 Å². The molecule has 2 aromatic rings. The molecule has 0 aliphatic carbocycles. The average molecular weight is 248 g/mol. The third-order valence-corrected chi connectivity index (χ3v) is 2.80. The maximum Gasteiger partial charge on any atom is 0.0419 e. The Bertz CT molecular complexity index is 482. The van der Waals surface area contributed by atoms with E-state index in [0.717, 1.165) is 21.8 Å². The van der Waals surface area contributed by atoms with Crippen molar-refractivity contribution >= 4 is 17.3 Å². The van der Waals surface area contributed by atoms with Crippen LogP contribution in [0.3, 0.4) is 0 Å². The van der Waals surface area contributed by atoms with Crippen LogP contribution in [0.1, 0.15) is 11.1 Å². The molecule has 0 saturated heterocycles. The zero-order chi connectivity index (χ0) is 12.1. The Balaban J connectivity index is 2.04. The Hall–Kier alpha value is -1.58. The van der Waals surface area contributed by atoms with Gasteiger partial charge in [-0.1, -0.05) is 11.6 Å². The molecule has 2 rings (SSSR count). The van der Waals surface area contributed by atoms with Gasteiger partial charge in [0, 0.05) is 36.2 Å². The standard InChI is InChI=1S/C13H14ClN3/c14-12-1-3-13(4-2-12)17-9-11-8-16-6-5-10(11)7-15/h1-6,8,17H,7,9,15H2. The summed E-state index contributed by atoms with van der Waals surface area (Å²) in [6.45, 7) is 1.24. The summed E-state index contributed by atoms with van der Waals surface area (Å²) in [4.78, 5) is 4.10. The summed E-state index contributed by atoms with van der Waals surface area (Å²) < 4.78 is 0. The number of rotatable bonds is 4. The largest absolute Gasteiger partial charge is 0.381 e. The molecule has 0 radical (unpaired) electrons. The van der Waals surface area contributed by atoms with Crippen molar-refractivity contribution < 1.29 is 0 Å². The Morgan fingerprint density at radius 2 is 1.88 bits per heavy atom. The van der Waals surface area contributed by atoms with Gasteiger partial charge in [-0.3, -0.25) is 4.98 Å². The van der Waals surface area contributed by atoms with Crippen LogP contribution < -0.4 is 11.1 Å². The lowest BCUT2D eigenvalue weighted by Gasteiger charge is -2.09. The summed E-state index contributed by atoms with van der Waals surface area (Å²) in [5.41, 5.74) is 8.92. The van der Waals surface area contributed by atoms with E-state index in [4.69, 9.17) is 17.3 Å². The number of nitrogens with zero attached hydrogens (tertiary/aromatic N) is 1. The first-order chi connectivity index (χ1) is 8.29. The second-order valence-electron chi connectivity index (χ2n) is 3.71. The summed E-state index contributed by atoms with van der Waals surface area (Å²) >= 11 is 5.82. The molecule has 3 nitrogen and oxygen atoms in total. The Morgan fingerprint density at radius 3 is 2.59 bits per heavy atom. The van der Waals surface area contributed by atoms with Crippen molar-refractivity contribution in [3.63, 3.8) is 0 Å². The molecule has 3 N–H and O–H groups in total. The third kappa shape index (κ3) is 3.19. The summed E-state index contributed by atoms with van der Waals surface area (Å²) in [7, 11) is 0. The second kappa shape index (κ2) is 5.66. The van der Waals surface area contributed by atoms with E-state index in [-0.39, 0.29) is 0 Å². The first-order valence-electron chi connectivity index (χ1n) is 5.41. The summed E-state index contributed by atoms with van der Waals surface area (Å²) in [6.07, 6.45) is 3.60. The molecular formula is C13H14ClN3. The first-order valence-corrected chi connectivity index (χ1v) is 5.78. The highest BCUT2D eigenvalue weighted by Gasteiger charge is 2.00.